The number of nitrogens with one attached hydrogen (secondary N) is 1. The molecular formula is C44H50F2N6O4. The van der Waals surface area contributed by atoms with Crippen LogP contribution in [0.1, 0.15) is 65.6 Å². The van der Waals surface area contributed by atoms with Gasteiger partial charge in [-0.05, 0) is 67.3 Å². The maximum atomic E-state index is 14.5. The van der Waals surface area contributed by atoms with Gasteiger partial charge in [0.05, 0.1) is 65.7 Å². The van der Waals surface area contributed by atoms with Crippen LogP contribution < -0.4 is 15.1 Å². The number of carbonyl (C=O) groups excluding carboxylic acids is 2. The number of amides is 1. The van der Waals surface area contributed by atoms with Gasteiger partial charge >= 0.3 is 5.97 Å². The molecule has 5 heterocycles. The molecule has 0 spiro atoms. The van der Waals surface area contributed by atoms with Crippen molar-refractivity contribution in [3.63, 3.8) is 0 Å². The summed E-state index contributed by atoms with van der Waals surface area (Å²) in [4.78, 5) is 43.1. The molecule has 56 heavy (non-hydrogen) atoms. The molecule has 1 fully saturated rings. The lowest BCUT2D eigenvalue weighted by molar-refractivity contribution is -0.152. The van der Waals surface area contributed by atoms with Crippen molar-refractivity contribution < 1.29 is 27.8 Å². The molecule has 0 bridgehead atoms. The number of nitrogens with zero attached hydrogens (tertiary/aromatic N) is 5. The number of carbonyl (C=O) groups is 2. The van der Waals surface area contributed by atoms with E-state index in [4.69, 9.17) is 19.4 Å². The highest BCUT2D eigenvalue weighted by atomic mass is 19.1. The Morgan fingerprint density at radius 1 is 0.946 bits per heavy atom. The van der Waals surface area contributed by atoms with Gasteiger partial charge in [-0.15, -0.1) is 0 Å². The molecule has 1 saturated heterocycles. The third-order valence-electron chi connectivity index (χ3n) is 10.0. The highest BCUT2D eigenvalue weighted by Crippen LogP contribution is 2.50. The number of rotatable bonds is 9. The molecule has 2 aromatic carbocycles. The lowest BCUT2D eigenvalue weighted by Crippen LogP contribution is -2.36. The lowest BCUT2D eigenvalue weighted by atomic mass is 9.91. The zero-order valence-electron chi connectivity index (χ0n) is 33.1. The number of hydrogen-bond donors (Lipinski definition) is 1. The molecule has 1 N–H and O–H groups in total. The Hall–Kier alpha value is -5.49. The van der Waals surface area contributed by atoms with Gasteiger partial charge in [0.2, 0.25) is 5.91 Å². The van der Waals surface area contributed by atoms with E-state index in [9.17, 15) is 18.4 Å². The van der Waals surface area contributed by atoms with E-state index in [1.54, 1.807) is 33.0 Å². The maximum Gasteiger partial charge on any atom is 0.318 e. The predicted molar refractivity (Wildman–Crippen MR) is 216 cm³/mol. The Labute approximate surface area is 327 Å². The van der Waals surface area contributed by atoms with Crippen LogP contribution in [-0.4, -0.2) is 66.3 Å². The predicted octanol–water partition coefficient (Wildman–Crippen LogP) is 8.82. The molecule has 0 aliphatic carbocycles. The first kappa shape index (κ1) is 40.2. The number of benzene rings is 2. The number of anilines is 4. The molecule has 2 aliphatic rings. The molecule has 12 heteroatoms. The Kier molecular flexibility index (Phi) is 12.3. The summed E-state index contributed by atoms with van der Waals surface area (Å²) in [7, 11) is 0. The van der Waals surface area contributed by atoms with Crippen molar-refractivity contribution in [1.82, 2.24) is 15.0 Å². The van der Waals surface area contributed by atoms with E-state index in [-0.39, 0.29) is 29.7 Å². The third-order valence-corrected chi connectivity index (χ3v) is 10.0. The van der Waals surface area contributed by atoms with Gasteiger partial charge in [-0.3, -0.25) is 19.6 Å². The average molecular weight is 765 g/mol. The van der Waals surface area contributed by atoms with Crippen LogP contribution in [0.15, 0.2) is 79.1 Å². The fraction of sp³-hybridized carbons (Fsp3) is 0.386. The molecule has 5 aromatic rings. The summed E-state index contributed by atoms with van der Waals surface area (Å²) >= 11 is 0. The molecule has 3 aromatic heterocycles. The quantitative estimate of drug-likeness (QED) is 0.116. The summed E-state index contributed by atoms with van der Waals surface area (Å²) in [5, 5.41) is 3.46. The number of aromatic nitrogens is 3. The molecule has 2 aliphatic heterocycles. The van der Waals surface area contributed by atoms with Crippen LogP contribution in [0.5, 0.6) is 0 Å². The molecule has 1 atom stereocenters. The SMILES string of the molecule is CC(C)c1c(-c2ccccn2)nc2cc(F)ccc2c1N1CC(C)(C)c2ncc(N3CCOCC3)cc21.CCOC(=O)C(C(=O)Nc1cccc(F)c1)C(C)C. The fourth-order valence-corrected chi connectivity index (χ4v) is 7.39. The Morgan fingerprint density at radius 3 is 2.36 bits per heavy atom. The van der Waals surface area contributed by atoms with Crippen LogP contribution in [0.4, 0.5) is 31.5 Å². The molecule has 1 amide bonds. The van der Waals surface area contributed by atoms with Crippen LogP contribution in [0.25, 0.3) is 22.3 Å². The van der Waals surface area contributed by atoms with Gasteiger partial charge in [-0.2, -0.15) is 0 Å². The van der Waals surface area contributed by atoms with Crippen molar-refractivity contribution in [3.05, 3.63) is 102 Å². The summed E-state index contributed by atoms with van der Waals surface area (Å²) < 4.78 is 37.9. The molecule has 1 unspecified atom stereocenters. The first-order valence-electron chi connectivity index (χ1n) is 19.2. The van der Waals surface area contributed by atoms with Crippen molar-refractivity contribution in [3.8, 4) is 11.4 Å². The Morgan fingerprint density at radius 2 is 1.70 bits per heavy atom. The molecule has 0 radical (unpaired) electrons. The minimum absolute atomic E-state index is 0.159. The van der Waals surface area contributed by atoms with Crippen LogP contribution >= 0.6 is 0 Å². The van der Waals surface area contributed by atoms with Crippen molar-refractivity contribution in [2.45, 2.75) is 59.8 Å². The first-order valence-corrected chi connectivity index (χ1v) is 19.2. The Balaban J connectivity index is 0.000000237. The standard InChI is InChI=1S/C30H32FN5O.C14H18FNO3/c1-19(2)26-27(23-7-5-6-10-32-23)34-24-15-20(31)8-9-22(24)28(26)36-18-30(3,4)29-25(36)16-21(17-33-29)35-11-13-37-14-12-35;1-4-19-14(18)12(9(2)3)13(17)16-11-7-5-6-10(15)8-11/h5-10,15-17,19H,11-14,18H2,1-4H3;5-9,12H,4H2,1-3H3,(H,16,17). The fourth-order valence-electron chi connectivity index (χ4n) is 7.39. The van der Waals surface area contributed by atoms with E-state index in [0.717, 1.165) is 77.9 Å². The van der Waals surface area contributed by atoms with Gasteiger partial charge in [0.15, 0.2) is 0 Å². The van der Waals surface area contributed by atoms with E-state index in [2.05, 4.69) is 53.9 Å². The number of fused-ring (bicyclic) bond motifs is 2. The minimum atomic E-state index is -0.900. The normalized spacial score (nSPS) is 15.3. The summed E-state index contributed by atoms with van der Waals surface area (Å²) in [5.74, 6) is -2.73. The van der Waals surface area contributed by atoms with E-state index < -0.39 is 23.6 Å². The molecular weight excluding hydrogens is 715 g/mol. The number of morpholine rings is 1. The van der Waals surface area contributed by atoms with Crippen molar-refractivity contribution in [1.29, 1.82) is 0 Å². The number of halogens is 2. The van der Waals surface area contributed by atoms with Gasteiger partial charge in [-0.1, -0.05) is 53.7 Å². The summed E-state index contributed by atoms with van der Waals surface area (Å²) in [6.07, 6.45) is 3.78. The lowest BCUT2D eigenvalue weighted by Gasteiger charge is -2.31. The number of esters is 1. The van der Waals surface area contributed by atoms with Gasteiger partial charge < -0.3 is 24.6 Å². The second kappa shape index (κ2) is 17.1. The minimum Gasteiger partial charge on any atom is -0.465 e. The molecule has 10 nitrogen and oxygen atoms in total. The average Bonchev–Trinajstić information content (AvgIpc) is 3.44. The highest BCUT2D eigenvalue weighted by Gasteiger charge is 2.40. The van der Waals surface area contributed by atoms with Crippen LogP contribution in [0.2, 0.25) is 0 Å². The van der Waals surface area contributed by atoms with E-state index in [1.807, 2.05) is 30.5 Å². The van der Waals surface area contributed by atoms with E-state index in [0.29, 0.717) is 11.2 Å². The number of ether oxygens (including phenoxy) is 2. The largest absolute Gasteiger partial charge is 0.465 e. The maximum absolute atomic E-state index is 14.5. The highest BCUT2D eigenvalue weighted by molar-refractivity contribution is 6.05. The second-order valence-electron chi connectivity index (χ2n) is 15.4. The van der Waals surface area contributed by atoms with Crippen LogP contribution in [0.3, 0.4) is 0 Å². The third kappa shape index (κ3) is 8.65. The molecule has 0 saturated carbocycles. The first-order chi connectivity index (χ1) is 26.8. The van der Waals surface area contributed by atoms with Crippen molar-refractivity contribution >= 4 is 45.5 Å². The van der Waals surface area contributed by atoms with Crippen molar-refractivity contribution in [2.24, 2.45) is 11.8 Å². The second-order valence-corrected chi connectivity index (χ2v) is 15.4. The van der Waals surface area contributed by atoms with E-state index in [1.165, 1.54) is 30.3 Å². The zero-order chi connectivity index (χ0) is 40.1. The van der Waals surface area contributed by atoms with Gasteiger partial charge in [-0.25, -0.2) is 13.8 Å². The summed E-state index contributed by atoms with van der Waals surface area (Å²) in [6, 6.07) is 18.6. The van der Waals surface area contributed by atoms with Gasteiger partial charge in [0.1, 0.15) is 17.6 Å². The van der Waals surface area contributed by atoms with Crippen LogP contribution in [-0.2, 0) is 24.5 Å². The number of pyridine rings is 3. The van der Waals surface area contributed by atoms with Crippen molar-refractivity contribution in [2.75, 3.05) is 54.6 Å². The van der Waals surface area contributed by atoms with Gasteiger partial charge in [0, 0.05) is 53.9 Å². The summed E-state index contributed by atoms with van der Waals surface area (Å²) in [6.45, 7) is 18.2. The smallest absolute Gasteiger partial charge is 0.318 e. The van der Waals surface area contributed by atoms with Gasteiger partial charge in [0.25, 0.3) is 0 Å². The Bertz CT molecular complexity index is 2190. The summed E-state index contributed by atoms with van der Waals surface area (Å²) in [5.41, 5.74) is 7.82. The topological polar surface area (TPSA) is 110 Å². The number of hydrogen-bond acceptors (Lipinski definition) is 9. The van der Waals surface area contributed by atoms with Crippen LogP contribution in [0, 0.1) is 23.5 Å². The molecule has 7 rings (SSSR count). The zero-order valence-corrected chi connectivity index (χ0v) is 33.1. The monoisotopic (exact) mass is 764 g/mol. The van der Waals surface area contributed by atoms with E-state index >= 15 is 0 Å². The molecule has 294 valence electrons.